The molecule has 0 aliphatic carbocycles. The first-order valence-electron chi connectivity index (χ1n) is 6.75. The highest BCUT2D eigenvalue weighted by Gasteiger charge is 2.08. The number of benzene rings is 2. The Hall–Kier alpha value is -2.28. The number of anilines is 1. The van der Waals surface area contributed by atoms with Crippen molar-refractivity contribution in [2.45, 2.75) is 13.2 Å². The lowest BCUT2D eigenvalue weighted by Crippen LogP contribution is -2.30. The molecule has 0 atom stereocenters. The maximum absolute atomic E-state index is 13.2. The van der Waals surface area contributed by atoms with Crippen LogP contribution >= 0.6 is 12.2 Å². The Bertz CT molecular complexity index is 665. The van der Waals surface area contributed by atoms with Gasteiger partial charge in [0.05, 0.1) is 0 Å². The number of thiocarbonyl (C=S) groups is 1. The molecule has 0 saturated heterocycles. The monoisotopic (exact) mass is 340 g/mol. The number of nitrogens with one attached hydrogen (secondary N) is 1. The Labute approximate surface area is 137 Å². The first kappa shape index (κ1) is 17.1. The van der Waals surface area contributed by atoms with Crippen LogP contribution in [0.1, 0.15) is 5.56 Å². The van der Waals surface area contributed by atoms with E-state index in [0.29, 0.717) is 17.3 Å². The first-order valence-corrected chi connectivity index (χ1v) is 7.16. The van der Waals surface area contributed by atoms with Gasteiger partial charge in [0, 0.05) is 19.3 Å². The van der Waals surface area contributed by atoms with Crippen LogP contribution in [0.15, 0.2) is 48.5 Å². The molecule has 2 aromatic rings. The SMILES string of the molecule is CN(Cc1cccc(F)c1)C(=S)Nc1ccc(OC(F)F)cc1. The van der Waals surface area contributed by atoms with Gasteiger partial charge in [-0.15, -0.1) is 0 Å². The van der Waals surface area contributed by atoms with Gasteiger partial charge in [-0.3, -0.25) is 0 Å². The van der Waals surface area contributed by atoms with Gasteiger partial charge in [0.2, 0.25) is 0 Å². The van der Waals surface area contributed by atoms with Crippen LogP contribution in [0.3, 0.4) is 0 Å². The number of nitrogens with zero attached hydrogens (tertiary/aromatic N) is 1. The molecule has 0 bridgehead atoms. The molecule has 3 nitrogen and oxygen atoms in total. The van der Waals surface area contributed by atoms with Gasteiger partial charge in [0.1, 0.15) is 11.6 Å². The van der Waals surface area contributed by atoms with Crippen molar-refractivity contribution in [1.29, 1.82) is 0 Å². The molecule has 7 heteroatoms. The molecule has 1 N–H and O–H groups in total. The average Bonchev–Trinajstić information content (AvgIpc) is 2.48. The fourth-order valence-corrected chi connectivity index (χ4v) is 2.10. The molecule has 0 aliphatic rings. The lowest BCUT2D eigenvalue weighted by Gasteiger charge is -2.21. The predicted octanol–water partition coefficient (Wildman–Crippen LogP) is 4.26. The molecule has 2 aromatic carbocycles. The third kappa shape index (κ3) is 5.45. The molecule has 0 amide bonds. The quantitative estimate of drug-likeness (QED) is 0.822. The van der Waals surface area contributed by atoms with Crippen molar-refractivity contribution in [2.75, 3.05) is 12.4 Å². The molecule has 0 unspecified atom stereocenters. The maximum atomic E-state index is 13.2. The second kappa shape index (κ2) is 7.82. The molecular formula is C16H15F3N2OS. The van der Waals surface area contributed by atoms with E-state index in [9.17, 15) is 13.2 Å². The highest BCUT2D eigenvalue weighted by atomic mass is 32.1. The minimum absolute atomic E-state index is 0.0737. The minimum Gasteiger partial charge on any atom is -0.435 e. The van der Waals surface area contributed by atoms with Crippen LogP contribution in [0.5, 0.6) is 5.75 Å². The lowest BCUT2D eigenvalue weighted by molar-refractivity contribution is -0.0498. The van der Waals surface area contributed by atoms with E-state index in [1.807, 2.05) is 0 Å². The molecule has 0 spiro atoms. The summed E-state index contributed by atoms with van der Waals surface area (Å²) < 4.78 is 41.6. The summed E-state index contributed by atoms with van der Waals surface area (Å²) in [5.74, 6) is -0.228. The Kier molecular flexibility index (Phi) is 5.81. The van der Waals surface area contributed by atoms with Crippen molar-refractivity contribution in [2.24, 2.45) is 0 Å². The van der Waals surface area contributed by atoms with Crippen molar-refractivity contribution in [1.82, 2.24) is 4.90 Å². The van der Waals surface area contributed by atoms with Crippen LogP contribution in [0, 0.1) is 5.82 Å². The Morgan fingerprint density at radius 1 is 1.22 bits per heavy atom. The fourth-order valence-electron chi connectivity index (χ4n) is 1.92. The molecular weight excluding hydrogens is 325 g/mol. The van der Waals surface area contributed by atoms with Crippen LogP contribution in [0.25, 0.3) is 0 Å². The number of alkyl halides is 2. The second-order valence-corrected chi connectivity index (χ2v) is 5.21. The second-order valence-electron chi connectivity index (χ2n) is 4.82. The van der Waals surface area contributed by atoms with Crippen molar-refractivity contribution in [3.05, 3.63) is 59.9 Å². The van der Waals surface area contributed by atoms with Crippen LogP contribution < -0.4 is 10.1 Å². The Morgan fingerprint density at radius 3 is 2.52 bits per heavy atom. The van der Waals surface area contributed by atoms with Gasteiger partial charge >= 0.3 is 6.61 Å². The van der Waals surface area contributed by atoms with Gasteiger partial charge in [-0.05, 0) is 54.2 Å². The van der Waals surface area contributed by atoms with Crippen molar-refractivity contribution in [3.63, 3.8) is 0 Å². The Balaban J connectivity index is 1.92. The number of halogens is 3. The summed E-state index contributed by atoms with van der Waals surface area (Å²) in [6, 6.07) is 12.3. The van der Waals surface area contributed by atoms with E-state index in [1.165, 1.54) is 24.3 Å². The zero-order valence-corrected chi connectivity index (χ0v) is 13.1. The van der Waals surface area contributed by atoms with Gasteiger partial charge in [0.25, 0.3) is 0 Å². The van der Waals surface area contributed by atoms with E-state index >= 15 is 0 Å². The van der Waals surface area contributed by atoms with Gasteiger partial charge < -0.3 is 15.0 Å². The zero-order valence-electron chi connectivity index (χ0n) is 12.3. The molecule has 0 radical (unpaired) electrons. The number of ether oxygens (including phenoxy) is 1. The van der Waals surface area contributed by atoms with Crippen LogP contribution in [-0.4, -0.2) is 23.7 Å². The number of hydrogen-bond donors (Lipinski definition) is 1. The number of rotatable bonds is 5. The van der Waals surface area contributed by atoms with Gasteiger partial charge in [-0.2, -0.15) is 8.78 Å². The summed E-state index contributed by atoms with van der Waals surface area (Å²) >= 11 is 5.26. The zero-order chi connectivity index (χ0) is 16.8. The summed E-state index contributed by atoms with van der Waals surface area (Å²) in [4.78, 5) is 1.74. The standard InChI is InChI=1S/C16H15F3N2OS/c1-21(10-11-3-2-4-12(17)9-11)16(23)20-13-5-7-14(8-6-13)22-15(18)19/h2-9,15H,10H2,1H3,(H,20,23). The molecule has 0 fully saturated rings. The molecule has 122 valence electrons. The van der Waals surface area contributed by atoms with Crippen molar-refractivity contribution < 1.29 is 17.9 Å². The summed E-state index contributed by atoms with van der Waals surface area (Å²) in [6.07, 6.45) is 0. The van der Waals surface area contributed by atoms with E-state index in [4.69, 9.17) is 12.2 Å². The largest absolute Gasteiger partial charge is 0.435 e. The highest BCUT2D eigenvalue weighted by Crippen LogP contribution is 2.18. The van der Waals surface area contributed by atoms with Crippen LogP contribution in [-0.2, 0) is 6.54 Å². The van der Waals surface area contributed by atoms with E-state index in [2.05, 4.69) is 10.1 Å². The number of hydrogen-bond acceptors (Lipinski definition) is 2. The normalized spacial score (nSPS) is 10.5. The lowest BCUT2D eigenvalue weighted by atomic mass is 10.2. The van der Waals surface area contributed by atoms with E-state index in [1.54, 1.807) is 36.2 Å². The van der Waals surface area contributed by atoms with E-state index in [-0.39, 0.29) is 11.6 Å². The van der Waals surface area contributed by atoms with Gasteiger partial charge in [-0.1, -0.05) is 12.1 Å². The van der Waals surface area contributed by atoms with E-state index in [0.717, 1.165) is 5.56 Å². The summed E-state index contributed by atoms with van der Waals surface area (Å²) in [5.41, 5.74) is 1.43. The van der Waals surface area contributed by atoms with Crippen LogP contribution in [0.2, 0.25) is 0 Å². The molecule has 0 heterocycles. The van der Waals surface area contributed by atoms with Crippen molar-refractivity contribution >= 4 is 23.0 Å². The maximum Gasteiger partial charge on any atom is 0.387 e. The molecule has 0 aromatic heterocycles. The third-order valence-electron chi connectivity index (χ3n) is 2.99. The smallest absolute Gasteiger partial charge is 0.387 e. The topological polar surface area (TPSA) is 24.5 Å². The molecule has 0 aliphatic heterocycles. The first-order chi connectivity index (χ1) is 10.9. The molecule has 2 rings (SSSR count). The summed E-state index contributed by atoms with van der Waals surface area (Å²) in [7, 11) is 1.77. The van der Waals surface area contributed by atoms with E-state index < -0.39 is 6.61 Å². The highest BCUT2D eigenvalue weighted by molar-refractivity contribution is 7.80. The predicted molar refractivity (Wildman–Crippen MR) is 87.2 cm³/mol. The third-order valence-corrected chi connectivity index (χ3v) is 3.40. The summed E-state index contributed by atoms with van der Waals surface area (Å²) in [5, 5.41) is 3.41. The average molecular weight is 340 g/mol. The fraction of sp³-hybridized carbons (Fsp3) is 0.188. The van der Waals surface area contributed by atoms with Crippen LogP contribution in [0.4, 0.5) is 18.9 Å². The van der Waals surface area contributed by atoms with Crippen molar-refractivity contribution in [3.8, 4) is 5.75 Å². The minimum atomic E-state index is -2.85. The molecule has 23 heavy (non-hydrogen) atoms. The van der Waals surface area contributed by atoms with Gasteiger partial charge in [0.15, 0.2) is 5.11 Å². The molecule has 0 saturated carbocycles. The summed E-state index contributed by atoms with van der Waals surface area (Å²) in [6.45, 7) is -2.41. The van der Waals surface area contributed by atoms with Gasteiger partial charge in [-0.25, -0.2) is 4.39 Å². The Morgan fingerprint density at radius 2 is 1.91 bits per heavy atom.